The van der Waals surface area contributed by atoms with Gasteiger partial charge in [-0.2, -0.15) is 0 Å². The molecule has 0 aromatic rings. The maximum absolute atomic E-state index is 2.41. The summed E-state index contributed by atoms with van der Waals surface area (Å²) in [5.41, 5.74) is 0. The predicted octanol–water partition coefficient (Wildman–Crippen LogP) is 5.27. The molecule has 0 aromatic heterocycles. The van der Waals surface area contributed by atoms with Gasteiger partial charge >= 0.3 is 122 Å². The van der Waals surface area contributed by atoms with Gasteiger partial charge in [-0.1, -0.05) is 0 Å². The van der Waals surface area contributed by atoms with Crippen molar-refractivity contribution < 1.29 is 0 Å². The van der Waals surface area contributed by atoms with Crippen molar-refractivity contribution in [2.75, 3.05) is 0 Å². The molecule has 2 rings (SSSR count). The van der Waals surface area contributed by atoms with Gasteiger partial charge in [0.2, 0.25) is 0 Å². The van der Waals surface area contributed by atoms with Gasteiger partial charge < -0.3 is 0 Å². The van der Waals surface area contributed by atoms with Gasteiger partial charge in [0.15, 0.2) is 0 Å². The van der Waals surface area contributed by atoms with E-state index in [0.29, 0.717) is 0 Å². The minimum atomic E-state index is 0.780. The second-order valence-electron chi connectivity index (χ2n) is 6.46. The van der Waals surface area contributed by atoms with Crippen LogP contribution in [0.5, 0.6) is 0 Å². The second kappa shape index (κ2) is 6.82. The summed E-state index contributed by atoms with van der Waals surface area (Å²) in [4.78, 5) is 0. The van der Waals surface area contributed by atoms with E-state index in [1.807, 2.05) is 22.5 Å². The van der Waals surface area contributed by atoms with Crippen molar-refractivity contribution in [3.63, 3.8) is 0 Å². The van der Waals surface area contributed by atoms with Crippen LogP contribution < -0.4 is 0 Å². The quantitative estimate of drug-likeness (QED) is 0.611. The molecule has 0 heterocycles. The molecule has 0 N–H and O–H groups in total. The average Bonchev–Trinajstić information content (AvgIpc) is 2.41. The molecule has 0 aliphatic heterocycles. The van der Waals surface area contributed by atoms with Gasteiger partial charge in [-0.25, -0.2) is 0 Å². The third-order valence-corrected chi connectivity index (χ3v) is 8.37. The Labute approximate surface area is 121 Å². The van der Waals surface area contributed by atoms with Crippen LogP contribution in [0.4, 0.5) is 0 Å². The van der Waals surface area contributed by atoms with Gasteiger partial charge in [0.1, 0.15) is 0 Å². The van der Waals surface area contributed by atoms with Crippen LogP contribution in [0.2, 0.25) is 3.43 Å². The molecule has 3 radical (unpaired) electrons. The van der Waals surface area contributed by atoms with E-state index in [2.05, 4.69) is 6.92 Å². The zero-order valence-electron chi connectivity index (χ0n) is 11.6. The number of rotatable bonds is 4. The van der Waals surface area contributed by atoms with Gasteiger partial charge in [-0.15, -0.1) is 0 Å². The van der Waals surface area contributed by atoms with Crippen LogP contribution in [0, 0.1) is 11.8 Å². The van der Waals surface area contributed by atoms with Crippen LogP contribution in [-0.2, 0) is 0 Å². The monoisotopic (exact) mass is 341 g/mol. The molecular weight excluding hydrogens is 311 g/mol. The Bertz CT molecular complexity index is 194. The zero-order valence-corrected chi connectivity index (χ0v) is 14.5. The Morgan fingerprint density at radius 1 is 0.824 bits per heavy atom. The Morgan fingerprint density at radius 2 is 1.24 bits per heavy atom. The molecule has 2 aliphatic rings. The summed E-state index contributed by atoms with van der Waals surface area (Å²) in [5.74, 6) is 2.19. The summed E-state index contributed by atoms with van der Waals surface area (Å²) in [6.45, 7) is 2.41. The standard InChI is InChI=1S/C16H29.Sn/c1-2-9-16(14-10-5-3-6-11-14)15-12-7-4-8-13-15;/h14-15H,2-13H2,1H3;. The summed E-state index contributed by atoms with van der Waals surface area (Å²) < 4.78 is 0.780. The molecule has 17 heavy (non-hydrogen) atoms. The van der Waals surface area contributed by atoms with Crippen LogP contribution in [0.25, 0.3) is 0 Å². The fraction of sp³-hybridized carbons (Fsp3) is 1.00. The fourth-order valence-corrected chi connectivity index (χ4v) is 6.75. The Balaban J connectivity index is 2.05. The number of hydrogen-bond donors (Lipinski definition) is 0. The molecule has 0 amide bonds. The van der Waals surface area contributed by atoms with E-state index in [4.69, 9.17) is 0 Å². The van der Waals surface area contributed by atoms with Gasteiger partial charge in [-0.3, -0.25) is 0 Å². The normalized spacial score (nSPS) is 25.1. The van der Waals surface area contributed by atoms with Gasteiger partial charge in [0.25, 0.3) is 0 Å². The SMILES string of the molecule is CCC[C]([Sn])(C1CCCCC1)C1CCCCC1. The van der Waals surface area contributed by atoms with Crippen molar-refractivity contribution in [2.24, 2.45) is 11.8 Å². The third-order valence-electron chi connectivity index (χ3n) is 5.33. The van der Waals surface area contributed by atoms with Crippen molar-refractivity contribution >= 4 is 22.5 Å². The first-order valence-electron chi connectivity index (χ1n) is 8.02. The molecule has 2 aliphatic carbocycles. The predicted molar refractivity (Wildman–Crippen MR) is 76.5 cm³/mol. The molecule has 0 bridgehead atoms. The van der Waals surface area contributed by atoms with Crippen LogP contribution in [0.1, 0.15) is 84.0 Å². The third kappa shape index (κ3) is 3.42. The summed E-state index contributed by atoms with van der Waals surface area (Å²) in [6.07, 6.45) is 18.3. The molecular formula is C16H29Sn. The molecule has 1 heteroatoms. The van der Waals surface area contributed by atoms with Crippen molar-refractivity contribution in [3.05, 3.63) is 0 Å². The zero-order chi connectivity index (χ0) is 12.1. The minimum absolute atomic E-state index is 0.780. The van der Waals surface area contributed by atoms with Crippen LogP contribution in [0.15, 0.2) is 0 Å². The molecule has 0 unspecified atom stereocenters. The van der Waals surface area contributed by atoms with E-state index in [-0.39, 0.29) is 0 Å². The molecule has 0 nitrogen and oxygen atoms in total. The topological polar surface area (TPSA) is 0 Å². The summed E-state index contributed by atoms with van der Waals surface area (Å²) in [6, 6.07) is 0. The Hall–Kier alpha value is 0.799. The molecule has 2 fully saturated rings. The van der Waals surface area contributed by atoms with Crippen molar-refractivity contribution in [2.45, 2.75) is 87.4 Å². The summed E-state index contributed by atoms with van der Waals surface area (Å²) in [7, 11) is 0. The average molecular weight is 340 g/mol. The summed E-state index contributed by atoms with van der Waals surface area (Å²) in [5, 5.41) is 0. The molecule has 0 atom stereocenters. The first kappa shape index (κ1) is 14.2. The molecule has 2 saturated carbocycles. The Kier molecular flexibility index (Phi) is 5.70. The van der Waals surface area contributed by atoms with Gasteiger partial charge in [0.05, 0.1) is 0 Å². The van der Waals surface area contributed by atoms with E-state index in [0.717, 1.165) is 15.3 Å². The van der Waals surface area contributed by atoms with Crippen molar-refractivity contribution in [3.8, 4) is 0 Å². The maximum atomic E-state index is 2.41. The Morgan fingerprint density at radius 3 is 1.59 bits per heavy atom. The van der Waals surface area contributed by atoms with E-state index in [1.165, 1.54) is 51.4 Å². The second-order valence-corrected chi connectivity index (χ2v) is 9.12. The van der Waals surface area contributed by atoms with Crippen molar-refractivity contribution in [1.29, 1.82) is 0 Å². The number of hydrogen-bond acceptors (Lipinski definition) is 0. The van der Waals surface area contributed by atoms with E-state index >= 15 is 0 Å². The first-order chi connectivity index (χ1) is 8.27. The van der Waals surface area contributed by atoms with E-state index in [1.54, 1.807) is 25.7 Å². The van der Waals surface area contributed by atoms with Crippen molar-refractivity contribution in [1.82, 2.24) is 0 Å². The van der Waals surface area contributed by atoms with Crippen LogP contribution in [-0.4, -0.2) is 22.5 Å². The van der Waals surface area contributed by atoms with Crippen LogP contribution >= 0.6 is 0 Å². The van der Waals surface area contributed by atoms with Gasteiger partial charge in [-0.05, 0) is 0 Å². The van der Waals surface area contributed by atoms with E-state index in [9.17, 15) is 0 Å². The molecule has 0 saturated heterocycles. The first-order valence-corrected chi connectivity index (χ1v) is 9.45. The molecule has 97 valence electrons. The van der Waals surface area contributed by atoms with E-state index < -0.39 is 0 Å². The molecule has 0 spiro atoms. The summed E-state index contributed by atoms with van der Waals surface area (Å²) >= 11 is 1.88. The van der Waals surface area contributed by atoms with Crippen LogP contribution in [0.3, 0.4) is 0 Å². The van der Waals surface area contributed by atoms with Gasteiger partial charge in [0, 0.05) is 0 Å². The fourth-order valence-electron chi connectivity index (χ4n) is 4.39. The molecule has 0 aromatic carbocycles.